The summed E-state index contributed by atoms with van der Waals surface area (Å²) in [5, 5.41) is 2.92. The Morgan fingerprint density at radius 3 is 2.32 bits per heavy atom. The molecule has 1 heterocycles. The van der Waals surface area contributed by atoms with Crippen LogP contribution < -0.4 is 15.0 Å². The Bertz CT molecular complexity index is 1170. The maximum Gasteiger partial charge on any atom is 0.259 e. The molecule has 0 aliphatic carbocycles. The lowest BCUT2D eigenvalue weighted by Crippen LogP contribution is -2.48. The molecule has 0 bridgehead atoms. The van der Waals surface area contributed by atoms with Gasteiger partial charge in [0, 0.05) is 48.1 Å². The SMILES string of the molecule is COc1ccc(Br)cc1C(=O)Nc1ccc(N2CCN(C(=O)/C=C/c3ccccc3)CC2)cc1. The average molecular weight is 520 g/mol. The number of piperazine rings is 1. The van der Waals surface area contributed by atoms with Gasteiger partial charge in [-0.15, -0.1) is 0 Å². The minimum Gasteiger partial charge on any atom is -0.496 e. The number of benzene rings is 3. The molecule has 0 aromatic heterocycles. The Balaban J connectivity index is 1.32. The van der Waals surface area contributed by atoms with E-state index in [1.54, 1.807) is 25.3 Å². The number of ether oxygens (including phenoxy) is 1. The fraction of sp³-hybridized carbons (Fsp3) is 0.185. The molecule has 0 saturated carbocycles. The van der Waals surface area contributed by atoms with Crippen LogP contribution in [0.3, 0.4) is 0 Å². The molecule has 2 amide bonds. The maximum absolute atomic E-state index is 12.7. The highest BCUT2D eigenvalue weighted by molar-refractivity contribution is 9.10. The van der Waals surface area contributed by atoms with Gasteiger partial charge in [0.2, 0.25) is 5.91 Å². The Morgan fingerprint density at radius 2 is 1.65 bits per heavy atom. The molecule has 4 rings (SSSR count). The van der Waals surface area contributed by atoms with Crippen molar-refractivity contribution in [2.45, 2.75) is 0 Å². The Kier molecular flexibility index (Phi) is 7.65. The van der Waals surface area contributed by atoms with Crippen LogP contribution in [0.2, 0.25) is 0 Å². The largest absolute Gasteiger partial charge is 0.496 e. The highest BCUT2D eigenvalue weighted by Crippen LogP contribution is 2.25. The molecule has 1 fully saturated rings. The van der Waals surface area contributed by atoms with E-state index in [0.717, 1.165) is 28.8 Å². The molecule has 1 aliphatic heterocycles. The molecule has 3 aromatic carbocycles. The van der Waals surface area contributed by atoms with Gasteiger partial charge in [0.1, 0.15) is 5.75 Å². The number of nitrogens with zero attached hydrogens (tertiary/aromatic N) is 2. The van der Waals surface area contributed by atoms with Gasteiger partial charge in [-0.1, -0.05) is 46.3 Å². The van der Waals surface area contributed by atoms with E-state index >= 15 is 0 Å². The minimum absolute atomic E-state index is 0.0320. The number of amides is 2. The van der Waals surface area contributed by atoms with Crippen LogP contribution in [0.1, 0.15) is 15.9 Å². The van der Waals surface area contributed by atoms with Gasteiger partial charge in [0.25, 0.3) is 5.91 Å². The van der Waals surface area contributed by atoms with Crippen molar-refractivity contribution in [3.63, 3.8) is 0 Å². The molecule has 7 heteroatoms. The van der Waals surface area contributed by atoms with Gasteiger partial charge >= 0.3 is 0 Å². The predicted octanol–water partition coefficient (Wildman–Crippen LogP) is 5.07. The van der Waals surface area contributed by atoms with E-state index in [2.05, 4.69) is 26.1 Å². The van der Waals surface area contributed by atoms with Crippen molar-refractivity contribution < 1.29 is 14.3 Å². The van der Waals surface area contributed by atoms with Crippen molar-refractivity contribution in [3.05, 3.63) is 94.5 Å². The van der Waals surface area contributed by atoms with E-state index in [9.17, 15) is 9.59 Å². The number of halogens is 1. The van der Waals surface area contributed by atoms with Crippen LogP contribution in [0.25, 0.3) is 6.08 Å². The van der Waals surface area contributed by atoms with Crippen LogP contribution >= 0.6 is 15.9 Å². The second-order valence-electron chi connectivity index (χ2n) is 7.90. The summed E-state index contributed by atoms with van der Waals surface area (Å²) in [4.78, 5) is 29.3. The average Bonchev–Trinajstić information content (AvgIpc) is 2.88. The molecular formula is C27H26BrN3O3. The van der Waals surface area contributed by atoms with Crippen molar-refractivity contribution in [1.82, 2.24) is 4.90 Å². The van der Waals surface area contributed by atoms with Gasteiger partial charge in [-0.25, -0.2) is 0 Å². The second kappa shape index (κ2) is 11.0. The maximum atomic E-state index is 12.7. The van der Waals surface area contributed by atoms with Crippen LogP contribution in [0, 0.1) is 0 Å². The van der Waals surface area contributed by atoms with Crippen molar-refractivity contribution in [2.24, 2.45) is 0 Å². The lowest BCUT2D eigenvalue weighted by atomic mass is 10.1. The molecule has 1 saturated heterocycles. The van der Waals surface area contributed by atoms with E-state index in [1.165, 1.54) is 0 Å². The first-order valence-corrected chi connectivity index (χ1v) is 11.8. The summed E-state index contributed by atoms with van der Waals surface area (Å²) in [7, 11) is 1.54. The first-order valence-electron chi connectivity index (χ1n) is 11.1. The quantitative estimate of drug-likeness (QED) is 0.461. The highest BCUT2D eigenvalue weighted by Gasteiger charge is 2.20. The van der Waals surface area contributed by atoms with Crippen LogP contribution in [-0.2, 0) is 4.79 Å². The van der Waals surface area contributed by atoms with Gasteiger partial charge in [-0.2, -0.15) is 0 Å². The number of carbonyl (C=O) groups excluding carboxylic acids is 2. The molecule has 34 heavy (non-hydrogen) atoms. The molecule has 6 nitrogen and oxygen atoms in total. The van der Waals surface area contributed by atoms with Crippen molar-refractivity contribution in [2.75, 3.05) is 43.5 Å². The summed E-state index contributed by atoms with van der Waals surface area (Å²) in [6, 6.07) is 22.9. The van der Waals surface area contributed by atoms with Gasteiger partial charge < -0.3 is 19.9 Å². The summed E-state index contributed by atoms with van der Waals surface area (Å²) in [6.45, 7) is 2.84. The van der Waals surface area contributed by atoms with Crippen molar-refractivity contribution in [3.8, 4) is 5.75 Å². The third-order valence-corrected chi connectivity index (χ3v) is 6.20. The van der Waals surface area contributed by atoms with E-state index < -0.39 is 0 Å². The molecule has 0 atom stereocenters. The molecule has 0 spiro atoms. The Hall–Kier alpha value is -3.58. The zero-order valence-electron chi connectivity index (χ0n) is 18.9. The van der Waals surface area contributed by atoms with Gasteiger partial charge in [0.05, 0.1) is 12.7 Å². The molecule has 1 N–H and O–H groups in total. The van der Waals surface area contributed by atoms with Crippen LogP contribution in [-0.4, -0.2) is 50.0 Å². The summed E-state index contributed by atoms with van der Waals surface area (Å²) in [6.07, 6.45) is 3.49. The number of methoxy groups -OCH3 is 1. The van der Waals surface area contributed by atoms with Crippen molar-refractivity contribution in [1.29, 1.82) is 0 Å². The summed E-state index contributed by atoms with van der Waals surface area (Å²) >= 11 is 3.40. The van der Waals surface area contributed by atoms with Gasteiger partial charge in [-0.3, -0.25) is 9.59 Å². The first kappa shape index (κ1) is 23.6. The number of hydrogen-bond acceptors (Lipinski definition) is 4. The van der Waals surface area contributed by atoms with Crippen molar-refractivity contribution >= 4 is 45.2 Å². The zero-order valence-corrected chi connectivity index (χ0v) is 20.5. The second-order valence-corrected chi connectivity index (χ2v) is 8.82. The van der Waals surface area contributed by atoms with Crippen LogP contribution in [0.5, 0.6) is 5.75 Å². The number of anilines is 2. The minimum atomic E-state index is -0.235. The molecular weight excluding hydrogens is 494 g/mol. The van der Waals surface area contributed by atoms with Gasteiger partial charge in [-0.05, 0) is 54.1 Å². The predicted molar refractivity (Wildman–Crippen MR) is 139 cm³/mol. The molecule has 0 unspecified atom stereocenters. The first-order chi connectivity index (χ1) is 16.5. The van der Waals surface area contributed by atoms with Gasteiger partial charge in [0.15, 0.2) is 0 Å². The summed E-state index contributed by atoms with van der Waals surface area (Å²) in [5.74, 6) is 0.314. The fourth-order valence-corrected chi connectivity index (χ4v) is 4.19. The summed E-state index contributed by atoms with van der Waals surface area (Å²) in [5.41, 5.74) is 3.24. The molecule has 1 aliphatic rings. The fourth-order valence-electron chi connectivity index (χ4n) is 3.83. The van der Waals surface area contributed by atoms with E-state index in [1.807, 2.05) is 71.6 Å². The smallest absolute Gasteiger partial charge is 0.259 e. The van der Waals surface area contributed by atoms with E-state index in [0.29, 0.717) is 30.1 Å². The van der Waals surface area contributed by atoms with Crippen LogP contribution in [0.4, 0.5) is 11.4 Å². The monoisotopic (exact) mass is 519 g/mol. The molecule has 174 valence electrons. The third-order valence-electron chi connectivity index (χ3n) is 5.71. The standard InChI is InChI=1S/C27H26BrN3O3/c1-34-25-13-8-21(28)19-24(25)27(33)29-22-9-11-23(12-10-22)30-15-17-31(18-16-30)26(32)14-7-20-5-3-2-4-6-20/h2-14,19H,15-18H2,1H3,(H,29,33)/b14-7+. The molecule has 3 aromatic rings. The zero-order chi connectivity index (χ0) is 23.9. The number of carbonyl (C=O) groups is 2. The van der Waals surface area contributed by atoms with Crippen LogP contribution in [0.15, 0.2) is 83.3 Å². The highest BCUT2D eigenvalue weighted by atomic mass is 79.9. The van der Waals surface area contributed by atoms with E-state index in [4.69, 9.17) is 4.74 Å². The number of rotatable bonds is 6. The number of nitrogens with one attached hydrogen (secondary N) is 1. The molecule has 0 radical (unpaired) electrons. The normalized spacial score (nSPS) is 13.7. The lowest BCUT2D eigenvalue weighted by molar-refractivity contribution is -0.126. The Labute approximate surface area is 208 Å². The van der Waals surface area contributed by atoms with E-state index in [-0.39, 0.29) is 11.8 Å². The number of hydrogen-bond donors (Lipinski definition) is 1. The topological polar surface area (TPSA) is 61.9 Å². The third kappa shape index (κ3) is 5.85. The lowest BCUT2D eigenvalue weighted by Gasteiger charge is -2.35. The Morgan fingerprint density at radius 1 is 0.941 bits per heavy atom. The summed E-state index contributed by atoms with van der Waals surface area (Å²) < 4.78 is 6.11.